The molecule has 0 saturated carbocycles. The molecule has 3 aromatic rings. The highest BCUT2D eigenvalue weighted by molar-refractivity contribution is 7.89. The van der Waals surface area contributed by atoms with Crippen LogP contribution in [-0.2, 0) is 20.0 Å². The molecule has 1 aliphatic rings. The summed E-state index contributed by atoms with van der Waals surface area (Å²) in [6, 6.07) is 15.8. The first-order valence-electron chi connectivity index (χ1n) is 12.7. The van der Waals surface area contributed by atoms with E-state index in [1.807, 2.05) is 18.2 Å². The van der Waals surface area contributed by atoms with Crippen LogP contribution in [0, 0.1) is 11.7 Å². The molecule has 0 aromatic heterocycles. The Hall–Kier alpha value is -3.03. The van der Waals surface area contributed by atoms with Crippen LogP contribution in [0.3, 0.4) is 0 Å². The standard InChI is InChI=1S/C28H33FN2O7S2/c1-19-16-31(20(2)18-32)40(35,36)28-14-9-21(24-7-5-6-8-25(24)37-4)15-26(28)38-27(19)17-30(3)39(33,34)23-12-10-22(29)11-13-23/h5-15,19-20,27,32H,16-18H2,1-4H3/t19-,20-,27-/m1/s1. The van der Waals surface area contributed by atoms with Gasteiger partial charge in [-0.05, 0) is 55.0 Å². The summed E-state index contributed by atoms with van der Waals surface area (Å²) < 4.78 is 81.6. The lowest BCUT2D eigenvalue weighted by Crippen LogP contribution is -2.50. The number of halogens is 1. The number of benzene rings is 3. The second-order valence-electron chi connectivity index (χ2n) is 9.84. The number of fused-ring (bicyclic) bond motifs is 1. The van der Waals surface area contributed by atoms with Gasteiger partial charge in [-0.15, -0.1) is 0 Å². The topological polar surface area (TPSA) is 113 Å². The molecule has 0 amide bonds. The smallest absolute Gasteiger partial charge is 0.247 e. The Kier molecular flexibility index (Phi) is 8.86. The fraction of sp³-hybridized carbons (Fsp3) is 0.357. The van der Waals surface area contributed by atoms with Gasteiger partial charge in [-0.2, -0.15) is 8.61 Å². The van der Waals surface area contributed by atoms with Crippen molar-refractivity contribution in [2.75, 3.05) is 33.9 Å². The fourth-order valence-electron chi connectivity index (χ4n) is 4.63. The first-order chi connectivity index (χ1) is 18.9. The van der Waals surface area contributed by atoms with Crippen LogP contribution in [0.25, 0.3) is 11.1 Å². The number of rotatable bonds is 8. The first-order valence-corrected chi connectivity index (χ1v) is 15.6. The Labute approximate surface area is 234 Å². The Morgan fingerprint density at radius 1 is 1.15 bits per heavy atom. The highest BCUT2D eigenvalue weighted by atomic mass is 32.2. The van der Waals surface area contributed by atoms with Crippen LogP contribution in [0.5, 0.6) is 11.5 Å². The van der Waals surface area contributed by atoms with Crippen molar-refractivity contribution in [3.63, 3.8) is 0 Å². The molecule has 1 aliphatic heterocycles. The Balaban J connectivity index is 1.79. The summed E-state index contributed by atoms with van der Waals surface area (Å²) in [5, 5.41) is 9.86. The lowest BCUT2D eigenvalue weighted by atomic mass is 10.0. The molecule has 1 N–H and O–H groups in total. The van der Waals surface area contributed by atoms with E-state index >= 15 is 0 Å². The lowest BCUT2D eigenvalue weighted by molar-refractivity contribution is 0.0905. The number of sulfonamides is 2. The van der Waals surface area contributed by atoms with E-state index in [9.17, 15) is 26.3 Å². The summed E-state index contributed by atoms with van der Waals surface area (Å²) in [6.07, 6.45) is -0.768. The maximum absolute atomic E-state index is 13.8. The highest BCUT2D eigenvalue weighted by Gasteiger charge is 2.39. The van der Waals surface area contributed by atoms with Crippen LogP contribution in [0.1, 0.15) is 13.8 Å². The van der Waals surface area contributed by atoms with Gasteiger partial charge in [0.05, 0.1) is 25.2 Å². The quantitative estimate of drug-likeness (QED) is 0.425. The van der Waals surface area contributed by atoms with E-state index in [-0.39, 0.29) is 28.6 Å². The maximum atomic E-state index is 13.8. The van der Waals surface area contributed by atoms with Crippen LogP contribution >= 0.6 is 0 Å². The Bertz CT molecular complexity index is 1560. The van der Waals surface area contributed by atoms with Crippen molar-refractivity contribution in [3.8, 4) is 22.6 Å². The molecule has 0 bridgehead atoms. The van der Waals surface area contributed by atoms with Crippen molar-refractivity contribution in [1.82, 2.24) is 8.61 Å². The van der Waals surface area contributed by atoms with Gasteiger partial charge >= 0.3 is 0 Å². The van der Waals surface area contributed by atoms with Crippen molar-refractivity contribution in [2.45, 2.75) is 35.8 Å². The van der Waals surface area contributed by atoms with Gasteiger partial charge < -0.3 is 14.6 Å². The second-order valence-corrected chi connectivity index (χ2v) is 13.7. The normalized spacial score (nSPS) is 20.2. The van der Waals surface area contributed by atoms with Crippen LogP contribution in [0.2, 0.25) is 0 Å². The van der Waals surface area contributed by atoms with E-state index in [0.29, 0.717) is 11.3 Å². The number of methoxy groups -OCH3 is 1. The Morgan fingerprint density at radius 2 is 1.82 bits per heavy atom. The number of hydrogen-bond donors (Lipinski definition) is 1. The van der Waals surface area contributed by atoms with E-state index in [1.165, 1.54) is 36.7 Å². The van der Waals surface area contributed by atoms with E-state index in [0.717, 1.165) is 22.0 Å². The SMILES string of the molecule is COc1ccccc1-c1ccc2c(c1)O[C@H](CN(C)S(=O)(=O)c1ccc(F)cc1)[C@H](C)CN([C@H](C)CO)S2(=O)=O. The van der Waals surface area contributed by atoms with E-state index < -0.39 is 50.5 Å². The minimum Gasteiger partial charge on any atom is -0.496 e. The third-order valence-electron chi connectivity index (χ3n) is 7.04. The van der Waals surface area contributed by atoms with Crippen molar-refractivity contribution < 1.29 is 35.8 Å². The second kappa shape index (κ2) is 11.8. The van der Waals surface area contributed by atoms with Crippen molar-refractivity contribution in [1.29, 1.82) is 0 Å². The third kappa shape index (κ3) is 5.86. The fourth-order valence-corrected chi connectivity index (χ4v) is 7.64. The predicted octanol–water partition coefficient (Wildman–Crippen LogP) is 3.59. The molecule has 0 unspecified atom stereocenters. The number of aliphatic hydroxyl groups is 1. The minimum atomic E-state index is -4.08. The van der Waals surface area contributed by atoms with Gasteiger partial charge in [0, 0.05) is 31.1 Å². The zero-order valence-corrected chi connectivity index (χ0v) is 24.3. The Morgan fingerprint density at radius 3 is 2.48 bits per heavy atom. The number of aliphatic hydroxyl groups excluding tert-OH is 1. The summed E-state index contributed by atoms with van der Waals surface area (Å²) in [6.45, 7) is 2.86. The summed E-state index contributed by atoms with van der Waals surface area (Å²) >= 11 is 0. The molecule has 0 saturated heterocycles. The highest BCUT2D eigenvalue weighted by Crippen LogP contribution is 2.39. The van der Waals surface area contributed by atoms with E-state index in [1.54, 1.807) is 32.0 Å². The number of para-hydroxylation sites is 1. The number of nitrogens with zero attached hydrogens (tertiary/aromatic N) is 2. The monoisotopic (exact) mass is 592 g/mol. The first kappa shape index (κ1) is 29.9. The van der Waals surface area contributed by atoms with Gasteiger partial charge in [0.25, 0.3) is 0 Å². The van der Waals surface area contributed by atoms with E-state index in [4.69, 9.17) is 9.47 Å². The molecule has 216 valence electrons. The van der Waals surface area contributed by atoms with Gasteiger partial charge in [0.2, 0.25) is 20.0 Å². The molecule has 40 heavy (non-hydrogen) atoms. The minimum absolute atomic E-state index is 0.00708. The molecule has 0 radical (unpaired) electrons. The molecule has 12 heteroatoms. The van der Waals surface area contributed by atoms with Crippen LogP contribution in [0.15, 0.2) is 76.5 Å². The largest absolute Gasteiger partial charge is 0.496 e. The van der Waals surface area contributed by atoms with Crippen LogP contribution in [-0.4, -0.2) is 76.6 Å². The summed E-state index contributed by atoms with van der Waals surface area (Å²) in [7, 11) is -5.14. The van der Waals surface area contributed by atoms with E-state index in [2.05, 4.69) is 0 Å². The molecule has 3 aromatic carbocycles. The van der Waals surface area contributed by atoms with Crippen molar-refractivity contribution in [3.05, 3.63) is 72.5 Å². The van der Waals surface area contributed by atoms with Gasteiger partial charge in [-0.3, -0.25) is 0 Å². The van der Waals surface area contributed by atoms with Crippen molar-refractivity contribution in [2.24, 2.45) is 5.92 Å². The zero-order valence-electron chi connectivity index (χ0n) is 22.7. The molecule has 0 fully saturated rings. The molecule has 0 aliphatic carbocycles. The molecule has 0 spiro atoms. The predicted molar refractivity (Wildman–Crippen MR) is 149 cm³/mol. The van der Waals surface area contributed by atoms with Gasteiger partial charge in [0.1, 0.15) is 28.3 Å². The molecule has 3 atom stereocenters. The molecule has 1 heterocycles. The average molecular weight is 593 g/mol. The molecule has 9 nitrogen and oxygen atoms in total. The summed E-state index contributed by atoms with van der Waals surface area (Å²) in [5.41, 5.74) is 1.37. The van der Waals surface area contributed by atoms with Gasteiger partial charge in [0.15, 0.2) is 0 Å². The molecule has 4 rings (SSSR count). The van der Waals surface area contributed by atoms with Crippen molar-refractivity contribution >= 4 is 20.0 Å². The number of likely N-dealkylation sites (N-methyl/N-ethyl adjacent to an activating group) is 1. The summed E-state index contributed by atoms with van der Waals surface area (Å²) in [4.78, 5) is -0.167. The third-order valence-corrected chi connectivity index (χ3v) is 10.9. The number of hydrogen-bond acceptors (Lipinski definition) is 7. The van der Waals surface area contributed by atoms with Crippen LogP contribution in [0.4, 0.5) is 4.39 Å². The summed E-state index contributed by atoms with van der Waals surface area (Å²) in [5.74, 6) is -0.387. The molecular formula is C28H33FN2O7S2. The van der Waals surface area contributed by atoms with Gasteiger partial charge in [-0.25, -0.2) is 21.2 Å². The maximum Gasteiger partial charge on any atom is 0.247 e. The lowest BCUT2D eigenvalue weighted by Gasteiger charge is -2.37. The van der Waals surface area contributed by atoms with Gasteiger partial charge in [-0.1, -0.05) is 31.2 Å². The number of ether oxygens (including phenoxy) is 2. The average Bonchev–Trinajstić information content (AvgIpc) is 2.94. The molecular weight excluding hydrogens is 559 g/mol. The van der Waals surface area contributed by atoms with Crippen LogP contribution < -0.4 is 9.47 Å². The zero-order chi connectivity index (χ0) is 29.2.